The maximum absolute atomic E-state index is 12.6. The normalized spacial score (nSPS) is 10.4. The number of hydrogen-bond donors (Lipinski definition) is 1. The largest absolute Gasteiger partial charge is 0.332 e. The summed E-state index contributed by atoms with van der Waals surface area (Å²) in [6.07, 6.45) is 0. The lowest BCUT2D eigenvalue weighted by Gasteiger charge is -2.17. The van der Waals surface area contributed by atoms with E-state index in [-0.39, 0.29) is 18.4 Å². The molecule has 27 heavy (non-hydrogen) atoms. The molecule has 2 amide bonds. The average Bonchev–Trinajstić information content (AvgIpc) is 3.09. The maximum Gasteiger partial charge on any atom is 0.254 e. The molecule has 0 saturated heterocycles. The number of nitriles is 1. The number of carbonyl (C=O) groups is 2. The van der Waals surface area contributed by atoms with Crippen molar-refractivity contribution in [1.82, 2.24) is 19.9 Å². The van der Waals surface area contributed by atoms with Crippen molar-refractivity contribution in [1.29, 1.82) is 5.26 Å². The molecule has 0 fully saturated rings. The first-order chi connectivity index (χ1) is 13.0. The zero-order valence-electron chi connectivity index (χ0n) is 15.0. The van der Waals surface area contributed by atoms with Crippen molar-refractivity contribution >= 4 is 28.5 Å². The monoisotopic (exact) mass is 362 g/mol. The summed E-state index contributed by atoms with van der Waals surface area (Å²) in [5.41, 5.74) is 2.89. The van der Waals surface area contributed by atoms with Gasteiger partial charge >= 0.3 is 0 Å². The zero-order valence-corrected chi connectivity index (χ0v) is 15.0. The Morgan fingerprint density at radius 2 is 2.07 bits per heavy atom. The molecule has 2 aromatic carbocycles. The minimum Gasteiger partial charge on any atom is -0.332 e. The molecule has 3 aromatic rings. The molecule has 8 nitrogen and oxygen atoms in total. The van der Waals surface area contributed by atoms with Gasteiger partial charge in [-0.2, -0.15) is 5.26 Å². The fourth-order valence-electron chi connectivity index (χ4n) is 2.71. The summed E-state index contributed by atoms with van der Waals surface area (Å²) in [5, 5.41) is 19.7. The highest BCUT2D eigenvalue weighted by Crippen LogP contribution is 2.15. The second-order valence-electron chi connectivity index (χ2n) is 6.01. The minimum absolute atomic E-state index is 0.116. The lowest BCUT2D eigenvalue weighted by molar-refractivity contribution is -0.116. The highest BCUT2D eigenvalue weighted by atomic mass is 16.2. The molecular formula is C19H18N6O2. The van der Waals surface area contributed by atoms with Crippen LogP contribution in [-0.4, -0.2) is 45.3 Å². The van der Waals surface area contributed by atoms with Crippen LogP contribution < -0.4 is 5.32 Å². The molecule has 8 heteroatoms. The van der Waals surface area contributed by atoms with E-state index in [1.807, 2.05) is 13.0 Å². The van der Waals surface area contributed by atoms with Crippen LogP contribution in [0.3, 0.4) is 0 Å². The SMILES string of the molecule is CCn1nnc2cc(C(=O)N(C)CC(=O)Nc3cccc(C#N)c3)ccc21. The van der Waals surface area contributed by atoms with Gasteiger partial charge in [0.2, 0.25) is 5.91 Å². The van der Waals surface area contributed by atoms with Crippen LogP contribution in [0.25, 0.3) is 11.0 Å². The van der Waals surface area contributed by atoms with Crippen LogP contribution in [0.2, 0.25) is 0 Å². The lowest BCUT2D eigenvalue weighted by Crippen LogP contribution is -2.34. The third-order valence-corrected chi connectivity index (χ3v) is 4.06. The molecule has 0 radical (unpaired) electrons. The third-order valence-electron chi connectivity index (χ3n) is 4.06. The van der Waals surface area contributed by atoms with Gasteiger partial charge in [-0.3, -0.25) is 9.59 Å². The molecule has 0 aliphatic heterocycles. The molecule has 0 aliphatic carbocycles. The molecule has 1 heterocycles. The molecule has 0 unspecified atom stereocenters. The van der Waals surface area contributed by atoms with Gasteiger partial charge in [-0.25, -0.2) is 4.68 Å². The summed E-state index contributed by atoms with van der Waals surface area (Å²) in [6, 6.07) is 13.8. The first-order valence-corrected chi connectivity index (χ1v) is 8.40. The van der Waals surface area contributed by atoms with E-state index in [0.717, 1.165) is 5.52 Å². The summed E-state index contributed by atoms with van der Waals surface area (Å²) in [4.78, 5) is 26.1. The van der Waals surface area contributed by atoms with Crippen LogP contribution in [0.5, 0.6) is 0 Å². The Morgan fingerprint density at radius 3 is 2.81 bits per heavy atom. The van der Waals surface area contributed by atoms with Crippen LogP contribution >= 0.6 is 0 Å². The summed E-state index contributed by atoms with van der Waals surface area (Å²) >= 11 is 0. The second-order valence-corrected chi connectivity index (χ2v) is 6.01. The highest BCUT2D eigenvalue weighted by Gasteiger charge is 2.16. The Morgan fingerprint density at radius 1 is 1.26 bits per heavy atom. The molecule has 0 spiro atoms. The molecular weight excluding hydrogens is 344 g/mol. The Labute approximate surface area is 156 Å². The number of amides is 2. The van der Waals surface area contributed by atoms with Gasteiger partial charge in [0.1, 0.15) is 5.52 Å². The lowest BCUT2D eigenvalue weighted by atomic mass is 10.1. The van der Waals surface area contributed by atoms with E-state index >= 15 is 0 Å². The van der Waals surface area contributed by atoms with Gasteiger partial charge in [0.05, 0.1) is 23.7 Å². The smallest absolute Gasteiger partial charge is 0.254 e. The first-order valence-electron chi connectivity index (χ1n) is 8.40. The van der Waals surface area contributed by atoms with Gasteiger partial charge in [-0.15, -0.1) is 5.10 Å². The summed E-state index contributed by atoms with van der Waals surface area (Å²) in [7, 11) is 1.56. The molecule has 136 valence electrons. The number of anilines is 1. The summed E-state index contributed by atoms with van der Waals surface area (Å²) in [6.45, 7) is 2.54. The fraction of sp³-hybridized carbons (Fsp3) is 0.211. The standard InChI is InChI=1S/C19H18N6O2/c1-3-25-17-8-7-14(10-16(17)22-23-25)19(27)24(2)12-18(26)21-15-6-4-5-13(9-15)11-20/h4-10H,3,12H2,1-2H3,(H,21,26). The van der Waals surface area contributed by atoms with E-state index in [9.17, 15) is 9.59 Å². The van der Waals surface area contributed by atoms with Crippen molar-refractivity contribution < 1.29 is 9.59 Å². The molecule has 0 atom stereocenters. The molecule has 0 aliphatic rings. The van der Waals surface area contributed by atoms with Gasteiger partial charge in [0.15, 0.2) is 0 Å². The van der Waals surface area contributed by atoms with E-state index < -0.39 is 0 Å². The van der Waals surface area contributed by atoms with E-state index in [4.69, 9.17) is 5.26 Å². The fourth-order valence-corrected chi connectivity index (χ4v) is 2.71. The zero-order chi connectivity index (χ0) is 19.4. The minimum atomic E-state index is -0.348. The number of fused-ring (bicyclic) bond motifs is 1. The summed E-state index contributed by atoms with van der Waals surface area (Å²) in [5.74, 6) is -0.636. The molecule has 0 bridgehead atoms. The van der Waals surface area contributed by atoms with Gasteiger partial charge in [-0.1, -0.05) is 11.3 Å². The number of hydrogen-bond acceptors (Lipinski definition) is 5. The van der Waals surface area contributed by atoms with Crippen molar-refractivity contribution in [2.45, 2.75) is 13.5 Å². The Bertz CT molecular complexity index is 1050. The number of likely N-dealkylation sites (N-methyl/N-ethyl adjacent to an activating group) is 1. The van der Waals surface area contributed by atoms with E-state index in [2.05, 4.69) is 15.6 Å². The average molecular weight is 362 g/mol. The third kappa shape index (κ3) is 3.93. The Balaban J connectivity index is 1.68. The number of benzene rings is 2. The van der Waals surface area contributed by atoms with Gasteiger partial charge in [0, 0.05) is 24.8 Å². The van der Waals surface area contributed by atoms with Crippen molar-refractivity contribution in [2.75, 3.05) is 18.9 Å². The molecule has 1 N–H and O–H groups in total. The van der Waals surface area contributed by atoms with Crippen LogP contribution in [0.1, 0.15) is 22.8 Å². The molecule has 0 saturated carbocycles. The first kappa shape index (κ1) is 18.1. The van der Waals surface area contributed by atoms with Gasteiger partial charge < -0.3 is 10.2 Å². The quantitative estimate of drug-likeness (QED) is 0.748. The number of aromatic nitrogens is 3. The van der Waals surface area contributed by atoms with E-state index in [1.165, 1.54) is 4.90 Å². The van der Waals surface area contributed by atoms with E-state index in [1.54, 1.807) is 54.2 Å². The van der Waals surface area contributed by atoms with Crippen molar-refractivity contribution in [3.8, 4) is 6.07 Å². The number of aryl methyl sites for hydroxylation is 1. The number of rotatable bonds is 5. The summed E-state index contributed by atoms with van der Waals surface area (Å²) < 4.78 is 1.75. The predicted molar refractivity (Wildman–Crippen MR) is 99.9 cm³/mol. The van der Waals surface area contributed by atoms with E-state index in [0.29, 0.717) is 28.9 Å². The Kier molecular flexibility index (Phi) is 5.13. The topological polar surface area (TPSA) is 104 Å². The molecule has 3 rings (SSSR count). The van der Waals surface area contributed by atoms with Crippen molar-refractivity contribution in [3.63, 3.8) is 0 Å². The Hall–Kier alpha value is -3.73. The number of nitrogens with zero attached hydrogens (tertiary/aromatic N) is 5. The van der Waals surface area contributed by atoms with Crippen LogP contribution in [0.4, 0.5) is 5.69 Å². The number of carbonyl (C=O) groups excluding carboxylic acids is 2. The van der Waals surface area contributed by atoms with Crippen LogP contribution in [0.15, 0.2) is 42.5 Å². The molecule has 1 aromatic heterocycles. The van der Waals surface area contributed by atoms with Crippen LogP contribution in [0, 0.1) is 11.3 Å². The number of nitrogens with one attached hydrogen (secondary N) is 1. The van der Waals surface area contributed by atoms with Crippen molar-refractivity contribution in [2.24, 2.45) is 0 Å². The highest BCUT2D eigenvalue weighted by molar-refractivity contribution is 6.00. The van der Waals surface area contributed by atoms with Gasteiger partial charge in [0.25, 0.3) is 5.91 Å². The van der Waals surface area contributed by atoms with Crippen molar-refractivity contribution in [3.05, 3.63) is 53.6 Å². The van der Waals surface area contributed by atoms with Gasteiger partial charge in [-0.05, 0) is 43.3 Å². The maximum atomic E-state index is 12.6. The van der Waals surface area contributed by atoms with Crippen LogP contribution in [-0.2, 0) is 11.3 Å². The predicted octanol–water partition coefficient (Wildman–Crippen LogP) is 2.03. The second kappa shape index (κ2) is 7.66.